The van der Waals surface area contributed by atoms with Gasteiger partial charge in [-0.2, -0.15) is 0 Å². The molecule has 0 radical (unpaired) electrons. The van der Waals surface area contributed by atoms with Crippen molar-refractivity contribution < 1.29 is 13.2 Å². The van der Waals surface area contributed by atoms with Crippen LogP contribution in [0, 0.1) is 5.92 Å². The Labute approximate surface area is 216 Å². The second-order valence-corrected chi connectivity index (χ2v) is 12.3. The third-order valence-corrected chi connectivity index (χ3v) is 9.40. The van der Waals surface area contributed by atoms with Crippen molar-refractivity contribution in [1.82, 2.24) is 4.90 Å². The molecular weight excluding hydrogens is 497 g/mol. The average molecular weight is 527 g/mol. The van der Waals surface area contributed by atoms with Gasteiger partial charge in [-0.1, -0.05) is 37.3 Å². The first kappa shape index (κ1) is 25.7. The molecule has 0 aliphatic carbocycles. The second kappa shape index (κ2) is 11.5. The number of carbonyl (C=O) groups is 1. The Hall–Kier alpha value is -2.42. The molecule has 5 nitrogen and oxygen atoms in total. The Morgan fingerprint density at radius 1 is 1.00 bits per heavy atom. The number of sulfonamides is 1. The highest BCUT2D eigenvalue weighted by Gasteiger charge is 2.25. The van der Waals surface area contributed by atoms with Gasteiger partial charge < -0.3 is 4.90 Å². The van der Waals surface area contributed by atoms with Gasteiger partial charge >= 0.3 is 0 Å². The molecular formula is C27H30N2O3S3. The highest BCUT2D eigenvalue weighted by atomic mass is 32.2. The molecule has 0 atom stereocenters. The minimum Gasteiger partial charge on any atom is -0.339 e. The molecule has 184 valence electrons. The Morgan fingerprint density at radius 3 is 2.34 bits per heavy atom. The van der Waals surface area contributed by atoms with Gasteiger partial charge in [-0.25, -0.2) is 8.42 Å². The summed E-state index contributed by atoms with van der Waals surface area (Å²) >= 11 is 3.18. The number of carbonyl (C=O) groups excluding carboxylic acids is 1. The fraction of sp³-hybridized carbons (Fsp3) is 0.296. The predicted octanol–water partition coefficient (Wildman–Crippen LogP) is 6.37. The number of rotatable bonds is 8. The van der Waals surface area contributed by atoms with Crippen molar-refractivity contribution in [1.29, 1.82) is 0 Å². The molecule has 1 amide bonds. The highest BCUT2D eigenvalue weighted by Crippen LogP contribution is 2.28. The van der Waals surface area contributed by atoms with Crippen LogP contribution in [0.4, 0.5) is 5.69 Å². The maximum Gasteiger partial charge on any atom is 0.261 e. The van der Waals surface area contributed by atoms with Crippen LogP contribution < -0.4 is 4.72 Å². The number of likely N-dealkylation sites (tertiary alicyclic amines) is 1. The number of hydrogen-bond donors (Lipinski definition) is 1. The van der Waals surface area contributed by atoms with Crippen LogP contribution in [0.25, 0.3) is 0 Å². The van der Waals surface area contributed by atoms with E-state index in [2.05, 4.69) is 23.8 Å². The van der Waals surface area contributed by atoms with Gasteiger partial charge in [0.15, 0.2) is 0 Å². The lowest BCUT2D eigenvalue weighted by Gasteiger charge is -2.30. The van der Waals surface area contributed by atoms with Gasteiger partial charge in [0.25, 0.3) is 15.9 Å². The fourth-order valence-corrected chi connectivity index (χ4v) is 6.50. The van der Waals surface area contributed by atoms with Crippen molar-refractivity contribution in [3.8, 4) is 0 Å². The number of piperidine rings is 1. The Kier molecular flexibility index (Phi) is 8.46. The van der Waals surface area contributed by atoms with E-state index < -0.39 is 10.0 Å². The van der Waals surface area contributed by atoms with Gasteiger partial charge in [0.1, 0.15) is 0 Å². The van der Waals surface area contributed by atoms with Gasteiger partial charge in [0, 0.05) is 34.3 Å². The van der Waals surface area contributed by atoms with Crippen molar-refractivity contribution >= 4 is 45.1 Å². The van der Waals surface area contributed by atoms with Gasteiger partial charge in [-0.05, 0) is 73.0 Å². The highest BCUT2D eigenvalue weighted by molar-refractivity contribution is 7.98. The fourth-order valence-electron chi connectivity index (χ4n) is 3.97. The van der Waals surface area contributed by atoms with E-state index in [0.29, 0.717) is 30.3 Å². The number of anilines is 1. The molecule has 1 fully saturated rings. The quantitative estimate of drug-likeness (QED) is 0.345. The van der Waals surface area contributed by atoms with E-state index in [9.17, 15) is 13.2 Å². The molecule has 0 saturated carbocycles. The van der Waals surface area contributed by atoms with Crippen LogP contribution in [0.1, 0.15) is 35.7 Å². The second-order valence-electron chi connectivity index (χ2n) is 8.74. The Morgan fingerprint density at radius 2 is 1.69 bits per heavy atom. The van der Waals surface area contributed by atoms with Crippen molar-refractivity contribution in [3.63, 3.8) is 0 Å². The number of nitrogens with one attached hydrogen (secondary N) is 1. The first-order valence-corrected chi connectivity index (χ1v) is 15.3. The molecule has 0 unspecified atom stereocenters. The number of benzene rings is 3. The molecule has 4 rings (SSSR count). The average Bonchev–Trinajstić information content (AvgIpc) is 2.88. The topological polar surface area (TPSA) is 66.5 Å². The van der Waals surface area contributed by atoms with E-state index in [1.54, 1.807) is 36.0 Å². The molecule has 0 spiro atoms. The normalized spacial score (nSPS) is 14.6. The number of hydrogen-bond acceptors (Lipinski definition) is 5. The minimum absolute atomic E-state index is 0.0905. The summed E-state index contributed by atoms with van der Waals surface area (Å²) in [6.45, 7) is 3.61. The van der Waals surface area contributed by atoms with E-state index in [1.165, 1.54) is 22.7 Å². The molecule has 8 heteroatoms. The summed E-state index contributed by atoms with van der Waals surface area (Å²) in [7, 11) is -3.84. The predicted molar refractivity (Wildman–Crippen MR) is 146 cm³/mol. The van der Waals surface area contributed by atoms with E-state index >= 15 is 0 Å². The van der Waals surface area contributed by atoms with Crippen LogP contribution in [0.5, 0.6) is 0 Å². The summed E-state index contributed by atoms with van der Waals surface area (Å²) in [5.41, 5.74) is 2.04. The largest absolute Gasteiger partial charge is 0.339 e. The summed E-state index contributed by atoms with van der Waals surface area (Å²) in [5, 5.41) is 0. The first-order valence-electron chi connectivity index (χ1n) is 11.6. The van der Waals surface area contributed by atoms with Gasteiger partial charge in [0.05, 0.1) is 10.5 Å². The molecule has 35 heavy (non-hydrogen) atoms. The Balaban J connectivity index is 1.47. The van der Waals surface area contributed by atoms with Gasteiger partial charge in [0.2, 0.25) is 0 Å². The molecule has 1 heterocycles. The molecule has 0 bridgehead atoms. The van der Waals surface area contributed by atoms with E-state index in [-0.39, 0.29) is 10.8 Å². The zero-order valence-electron chi connectivity index (χ0n) is 19.9. The van der Waals surface area contributed by atoms with Crippen molar-refractivity contribution in [2.24, 2.45) is 5.92 Å². The maximum atomic E-state index is 13.2. The molecule has 3 aromatic carbocycles. The van der Waals surface area contributed by atoms with Crippen LogP contribution >= 0.6 is 23.5 Å². The zero-order valence-corrected chi connectivity index (χ0v) is 22.4. The molecule has 0 aromatic heterocycles. The SMILES string of the molecule is CSc1ccc(S(=O)(=O)Nc2ccc(CSc3ccccc3)cc2)cc1C(=O)N1CCC(C)CC1. The van der Waals surface area contributed by atoms with E-state index in [4.69, 9.17) is 0 Å². The van der Waals surface area contributed by atoms with Crippen LogP contribution in [-0.2, 0) is 15.8 Å². The van der Waals surface area contributed by atoms with Gasteiger partial charge in [-0.3, -0.25) is 9.52 Å². The molecule has 1 aliphatic heterocycles. The Bertz CT molecular complexity index is 1250. The van der Waals surface area contributed by atoms with Crippen LogP contribution in [0.3, 0.4) is 0 Å². The van der Waals surface area contributed by atoms with E-state index in [1.807, 2.05) is 41.5 Å². The molecule has 1 aliphatic rings. The smallest absolute Gasteiger partial charge is 0.261 e. The molecule has 1 saturated heterocycles. The number of thioether (sulfide) groups is 2. The van der Waals surface area contributed by atoms with Gasteiger partial charge in [-0.15, -0.1) is 23.5 Å². The zero-order chi connectivity index (χ0) is 24.8. The molecule has 1 N–H and O–H groups in total. The summed E-state index contributed by atoms with van der Waals surface area (Å²) in [6, 6.07) is 22.4. The monoisotopic (exact) mass is 526 g/mol. The standard InChI is InChI=1S/C27H30N2O3S3/c1-20-14-16-29(17-15-20)27(30)25-18-24(12-13-26(25)33-2)35(31,32)28-22-10-8-21(9-11-22)19-34-23-6-4-3-5-7-23/h3-13,18,20,28H,14-17,19H2,1-2H3. The summed E-state index contributed by atoms with van der Waals surface area (Å²) < 4.78 is 28.9. The third-order valence-electron chi connectivity index (χ3n) is 6.14. The lowest BCUT2D eigenvalue weighted by Crippen LogP contribution is -2.38. The first-order chi connectivity index (χ1) is 16.9. The van der Waals surface area contributed by atoms with Crippen LogP contribution in [0.2, 0.25) is 0 Å². The molecule has 3 aromatic rings. The summed E-state index contributed by atoms with van der Waals surface area (Å²) in [4.78, 5) is 17.1. The van der Waals surface area contributed by atoms with Crippen molar-refractivity contribution in [3.05, 3.63) is 83.9 Å². The lowest BCUT2D eigenvalue weighted by molar-refractivity contribution is 0.0693. The van der Waals surface area contributed by atoms with E-state index in [0.717, 1.165) is 29.1 Å². The third kappa shape index (κ3) is 6.63. The lowest BCUT2D eigenvalue weighted by atomic mass is 9.98. The number of amides is 1. The number of nitrogens with zero attached hydrogens (tertiary/aromatic N) is 1. The minimum atomic E-state index is -3.84. The van der Waals surface area contributed by atoms with Crippen molar-refractivity contribution in [2.45, 2.75) is 40.2 Å². The summed E-state index contributed by atoms with van der Waals surface area (Å²) in [6.07, 6.45) is 3.84. The maximum absolute atomic E-state index is 13.2. The van der Waals surface area contributed by atoms with Crippen LogP contribution in [-0.4, -0.2) is 38.6 Å². The van der Waals surface area contributed by atoms with Crippen LogP contribution in [0.15, 0.2) is 87.5 Å². The summed E-state index contributed by atoms with van der Waals surface area (Å²) in [5.74, 6) is 1.31. The van der Waals surface area contributed by atoms with Crippen molar-refractivity contribution in [2.75, 3.05) is 24.1 Å².